The van der Waals surface area contributed by atoms with Crippen molar-refractivity contribution in [3.8, 4) is 11.8 Å². The largest absolute Gasteiger partial charge is 0.573 e. The molecule has 4 nitrogen and oxygen atoms in total. The van der Waals surface area contributed by atoms with Gasteiger partial charge in [0.05, 0.1) is 11.8 Å². The molecule has 0 unspecified atom stereocenters. The summed E-state index contributed by atoms with van der Waals surface area (Å²) in [5, 5.41) is 10.5. The second kappa shape index (κ2) is 5.73. The van der Waals surface area contributed by atoms with Gasteiger partial charge in [0.15, 0.2) is 5.75 Å². The minimum atomic E-state index is -4.86. The molecule has 1 amide bonds. The predicted octanol–water partition coefficient (Wildman–Crippen LogP) is 3.20. The van der Waals surface area contributed by atoms with Crippen LogP contribution < -0.4 is 10.1 Å². The maximum Gasteiger partial charge on any atom is 0.573 e. The molecular weight excluding hydrogens is 317 g/mol. The fraction of sp³-hybridized carbons (Fsp3) is 0.200. The third-order valence-corrected chi connectivity index (χ3v) is 2.17. The minimum Gasteiger partial charge on any atom is -0.404 e. The maximum atomic E-state index is 12.1. The topological polar surface area (TPSA) is 62.1 Å². The Morgan fingerprint density at radius 3 is 2.72 bits per heavy atom. The molecule has 8 heteroatoms. The normalized spacial score (nSPS) is 10.6. The molecule has 0 aliphatic heterocycles. The lowest BCUT2D eigenvalue weighted by Crippen LogP contribution is -2.19. The molecule has 96 valence electrons. The number of carbonyl (C=O) groups excluding carboxylic acids is 1. The van der Waals surface area contributed by atoms with Crippen LogP contribution in [0.15, 0.2) is 22.7 Å². The second-order valence-corrected chi connectivity index (χ2v) is 3.99. The SMILES string of the molecule is N#CCC(=O)Nc1cc(Br)ccc1OC(F)(F)F. The highest BCUT2D eigenvalue weighted by Gasteiger charge is 2.32. The van der Waals surface area contributed by atoms with Gasteiger partial charge in [0, 0.05) is 4.47 Å². The van der Waals surface area contributed by atoms with Crippen LogP contribution in [0.25, 0.3) is 0 Å². The molecule has 0 bridgehead atoms. The molecule has 0 heterocycles. The van der Waals surface area contributed by atoms with Crippen molar-refractivity contribution in [2.24, 2.45) is 0 Å². The minimum absolute atomic E-state index is 0.165. The van der Waals surface area contributed by atoms with Gasteiger partial charge in [-0.15, -0.1) is 13.2 Å². The number of rotatable bonds is 3. The third-order valence-electron chi connectivity index (χ3n) is 1.68. The van der Waals surface area contributed by atoms with Gasteiger partial charge in [-0.3, -0.25) is 4.79 Å². The van der Waals surface area contributed by atoms with Crippen molar-refractivity contribution in [1.29, 1.82) is 5.26 Å². The van der Waals surface area contributed by atoms with Crippen molar-refractivity contribution in [2.45, 2.75) is 12.8 Å². The Morgan fingerprint density at radius 2 is 2.17 bits per heavy atom. The summed E-state index contributed by atoms with van der Waals surface area (Å²) < 4.78 is 40.5. The molecule has 1 rings (SSSR count). The van der Waals surface area contributed by atoms with Crippen LogP contribution in [0.3, 0.4) is 0 Å². The van der Waals surface area contributed by atoms with E-state index < -0.39 is 24.4 Å². The zero-order chi connectivity index (χ0) is 13.8. The number of ether oxygens (including phenoxy) is 1. The van der Waals surface area contributed by atoms with Crippen LogP contribution in [0.5, 0.6) is 5.75 Å². The zero-order valence-corrected chi connectivity index (χ0v) is 10.3. The monoisotopic (exact) mass is 322 g/mol. The standard InChI is InChI=1S/C10H6BrF3N2O2/c11-6-1-2-8(18-10(12,13)14)7(5-6)16-9(17)3-4-15/h1-2,5H,3H2,(H,16,17). The predicted molar refractivity (Wildman–Crippen MR) is 59.7 cm³/mol. The Morgan fingerprint density at radius 1 is 1.50 bits per heavy atom. The summed E-state index contributed by atoms with van der Waals surface area (Å²) in [7, 11) is 0. The Bertz CT molecular complexity index is 497. The van der Waals surface area contributed by atoms with Crippen molar-refractivity contribution in [2.75, 3.05) is 5.32 Å². The number of hydrogen-bond acceptors (Lipinski definition) is 3. The summed E-state index contributed by atoms with van der Waals surface area (Å²) in [6.45, 7) is 0. The molecule has 0 spiro atoms. The average molecular weight is 323 g/mol. The summed E-state index contributed by atoms with van der Waals surface area (Å²) in [6, 6.07) is 5.22. The number of carbonyl (C=O) groups is 1. The number of alkyl halides is 3. The highest BCUT2D eigenvalue weighted by atomic mass is 79.9. The molecule has 0 saturated heterocycles. The number of nitriles is 1. The maximum absolute atomic E-state index is 12.1. The Balaban J connectivity index is 2.97. The van der Waals surface area contributed by atoms with Crippen molar-refractivity contribution in [3.05, 3.63) is 22.7 Å². The summed E-state index contributed by atoms with van der Waals surface area (Å²) >= 11 is 3.05. The molecule has 1 aromatic carbocycles. The van der Waals surface area contributed by atoms with E-state index in [0.29, 0.717) is 4.47 Å². The van der Waals surface area contributed by atoms with E-state index in [4.69, 9.17) is 5.26 Å². The highest BCUT2D eigenvalue weighted by molar-refractivity contribution is 9.10. The van der Waals surface area contributed by atoms with E-state index in [1.165, 1.54) is 12.1 Å². The molecule has 0 aromatic heterocycles. The van der Waals surface area contributed by atoms with Crippen molar-refractivity contribution in [3.63, 3.8) is 0 Å². The molecule has 0 fully saturated rings. The fourth-order valence-corrected chi connectivity index (χ4v) is 1.44. The Hall–Kier alpha value is -1.75. The van der Waals surface area contributed by atoms with Gasteiger partial charge in [-0.1, -0.05) is 15.9 Å². The zero-order valence-electron chi connectivity index (χ0n) is 8.71. The second-order valence-electron chi connectivity index (χ2n) is 3.07. The van der Waals surface area contributed by atoms with E-state index >= 15 is 0 Å². The first-order chi connectivity index (χ1) is 8.31. The highest BCUT2D eigenvalue weighted by Crippen LogP contribution is 2.32. The number of hydrogen-bond donors (Lipinski definition) is 1. The van der Waals surface area contributed by atoms with Gasteiger partial charge in [0.2, 0.25) is 5.91 Å². The number of anilines is 1. The first kappa shape index (κ1) is 14.3. The van der Waals surface area contributed by atoms with Crippen molar-refractivity contribution < 1.29 is 22.7 Å². The lowest BCUT2D eigenvalue weighted by atomic mass is 10.3. The molecule has 0 aliphatic carbocycles. The number of nitrogens with zero attached hydrogens (tertiary/aromatic N) is 1. The van der Waals surface area contributed by atoms with Gasteiger partial charge in [-0.05, 0) is 18.2 Å². The van der Waals surface area contributed by atoms with E-state index in [-0.39, 0.29) is 5.69 Å². The van der Waals surface area contributed by atoms with Crippen molar-refractivity contribution in [1.82, 2.24) is 0 Å². The first-order valence-corrected chi connectivity index (χ1v) is 5.33. The number of nitrogens with one attached hydrogen (secondary N) is 1. The van der Waals surface area contributed by atoms with Gasteiger partial charge >= 0.3 is 6.36 Å². The molecule has 1 aromatic rings. The number of halogens is 4. The van der Waals surface area contributed by atoms with Crippen LogP contribution in [0.1, 0.15) is 6.42 Å². The van der Waals surface area contributed by atoms with E-state index in [9.17, 15) is 18.0 Å². The van der Waals surface area contributed by atoms with Gasteiger partial charge in [-0.2, -0.15) is 5.26 Å². The van der Waals surface area contributed by atoms with Crippen LogP contribution in [0, 0.1) is 11.3 Å². The molecule has 0 radical (unpaired) electrons. The summed E-state index contributed by atoms with van der Waals surface area (Å²) in [4.78, 5) is 11.2. The number of benzene rings is 1. The quantitative estimate of drug-likeness (QED) is 0.929. The number of amides is 1. The molecule has 18 heavy (non-hydrogen) atoms. The van der Waals surface area contributed by atoms with E-state index in [1.54, 1.807) is 6.07 Å². The lowest BCUT2D eigenvalue weighted by Gasteiger charge is -2.13. The van der Waals surface area contributed by atoms with Gasteiger partial charge in [-0.25, -0.2) is 0 Å². The van der Waals surface area contributed by atoms with Crippen LogP contribution in [0.4, 0.5) is 18.9 Å². The summed E-state index contributed by atoms with van der Waals surface area (Å²) in [6.07, 6.45) is -5.32. The molecule has 0 atom stereocenters. The lowest BCUT2D eigenvalue weighted by molar-refractivity contribution is -0.274. The van der Waals surface area contributed by atoms with Crippen molar-refractivity contribution >= 4 is 27.5 Å². The van der Waals surface area contributed by atoms with E-state index in [1.807, 2.05) is 0 Å². The summed E-state index contributed by atoms with van der Waals surface area (Å²) in [5.74, 6) is -1.26. The van der Waals surface area contributed by atoms with Gasteiger partial charge < -0.3 is 10.1 Å². The van der Waals surface area contributed by atoms with E-state index in [2.05, 4.69) is 26.0 Å². The van der Waals surface area contributed by atoms with Crippen LogP contribution >= 0.6 is 15.9 Å². The third kappa shape index (κ3) is 4.63. The van der Waals surface area contributed by atoms with Crippen LogP contribution in [-0.2, 0) is 4.79 Å². The van der Waals surface area contributed by atoms with Gasteiger partial charge in [0.1, 0.15) is 6.42 Å². The smallest absolute Gasteiger partial charge is 0.404 e. The molecule has 0 saturated carbocycles. The fourth-order valence-electron chi connectivity index (χ4n) is 1.08. The molecule has 0 aliphatic rings. The van der Waals surface area contributed by atoms with Gasteiger partial charge in [0.25, 0.3) is 0 Å². The Labute approximate surface area is 108 Å². The molecular formula is C10H6BrF3N2O2. The first-order valence-electron chi connectivity index (χ1n) is 4.54. The summed E-state index contributed by atoms with van der Waals surface area (Å²) in [5.41, 5.74) is -0.165. The van der Waals surface area contributed by atoms with E-state index in [0.717, 1.165) is 6.07 Å². The molecule has 1 N–H and O–H groups in total. The Kier molecular flexibility index (Phi) is 4.55. The average Bonchev–Trinajstić information content (AvgIpc) is 2.20. The van der Waals surface area contributed by atoms with Crippen LogP contribution in [-0.4, -0.2) is 12.3 Å². The van der Waals surface area contributed by atoms with Crippen LogP contribution in [0.2, 0.25) is 0 Å².